The van der Waals surface area contributed by atoms with Gasteiger partial charge < -0.3 is 4.42 Å². The zero-order valence-corrected chi connectivity index (χ0v) is 15.0. The van der Waals surface area contributed by atoms with Gasteiger partial charge in [-0.25, -0.2) is 13.1 Å². The average molecular weight is 380 g/mol. The molecule has 2 aromatic carbocycles. The summed E-state index contributed by atoms with van der Waals surface area (Å²) < 4.78 is 35.0. The van der Waals surface area contributed by atoms with Crippen molar-refractivity contribution in [1.82, 2.24) is 19.5 Å². The second kappa shape index (κ2) is 7.18. The van der Waals surface area contributed by atoms with Crippen LogP contribution in [0.15, 0.2) is 88.6 Å². The van der Waals surface area contributed by atoms with E-state index in [2.05, 4.69) is 14.9 Å². The maximum Gasteiger partial charge on any atom is 0.277 e. The molecule has 0 unspecified atom stereocenters. The Bertz CT molecular complexity index is 1120. The smallest absolute Gasteiger partial charge is 0.277 e. The number of rotatable bonds is 6. The van der Waals surface area contributed by atoms with Crippen molar-refractivity contribution in [3.8, 4) is 17.1 Å². The van der Waals surface area contributed by atoms with Gasteiger partial charge in [0.05, 0.1) is 12.8 Å². The van der Waals surface area contributed by atoms with Crippen molar-refractivity contribution in [1.29, 1.82) is 0 Å². The molecule has 0 saturated heterocycles. The predicted octanol–water partition coefficient (Wildman–Crippen LogP) is 3.01. The van der Waals surface area contributed by atoms with E-state index >= 15 is 0 Å². The first kappa shape index (κ1) is 17.2. The summed E-state index contributed by atoms with van der Waals surface area (Å²) in [6.07, 6.45) is 1.49. The van der Waals surface area contributed by atoms with Crippen molar-refractivity contribution < 1.29 is 12.8 Å². The Labute approximate surface area is 156 Å². The summed E-state index contributed by atoms with van der Waals surface area (Å²) in [6, 6.07) is 21.9. The highest BCUT2D eigenvalue weighted by atomic mass is 32.2. The molecule has 8 heteroatoms. The van der Waals surface area contributed by atoms with E-state index in [-0.39, 0.29) is 11.7 Å². The van der Waals surface area contributed by atoms with E-state index in [0.717, 1.165) is 5.56 Å². The standard InChI is InChI=1S/C19H16N4O3S/c24-27(25,20-14-17-12-7-13-26-17)19-22-21-18(15-8-3-1-4-9-15)23(19)16-10-5-2-6-11-16/h1-13,20H,14H2. The molecule has 0 atom stereocenters. The van der Waals surface area contributed by atoms with Crippen LogP contribution in [0.2, 0.25) is 0 Å². The number of para-hydroxylation sites is 1. The monoisotopic (exact) mass is 380 g/mol. The molecule has 2 heterocycles. The Morgan fingerprint density at radius 3 is 2.26 bits per heavy atom. The highest BCUT2D eigenvalue weighted by Gasteiger charge is 2.26. The number of furan rings is 1. The number of aromatic nitrogens is 3. The van der Waals surface area contributed by atoms with Gasteiger partial charge in [0.15, 0.2) is 5.82 Å². The topological polar surface area (TPSA) is 90.0 Å². The minimum absolute atomic E-state index is 0.0254. The van der Waals surface area contributed by atoms with Crippen molar-refractivity contribution in [2.45, 2.75) is 11.7 Å². The molecule has 4 aromatic rings. The van der Waals surface area contributed by atoms with Gasteiger partial charge in [-0.05, 0) is 24.3 Å². The summed E-state index contributed by atoms with van der Waals surface area (Å²) in [5.41, 5.74) is 1.42. The van der Waals surface area contributed by atoms with Crippen molar-refractivity contribution in [3.05, 3.63) is 84.8 Å². The number of hydrogen-bond acceptors (Lipinski definition) is 5. The molecule has 0 saturated carbocycles. The number of nitrogens with one attached hydrogen (secondary N) is 1. The largest absolute Gasteiger partial charge is 0.468 e. The third-order valence-corrected chi connectivity index (χ3v) is 5.21. The van der Waals surface area contributed by atoms with Crippen molar-refractivity contribution in [2.24, 2.45) is 0 Å². The molecule has 4 rings (SSSR count). The van der Waals surface area contributed by atoms with Gasteiger partial charge >= 0.3 is 0 Å². The van der Waals surface area contributed by atoms with Gasteiger partial charge in [0.2, 0.25) is 0 Å². The first-order valence-electron chi connectivity index (χ1n) is 8.23. The van der Waals surface area contributed by atoms with E-state index in [1.807, 2.05) is 48.5 Å². The molecule has 7 nitrogen and oxygen atoms in total. The molecule has 136 valence electrons. The second-order valence-corrected chi connectivity index (χ2v) is 7.41. The van der Waals surface area contributed by atoms with Crippen LogP contribution in [-0.4, -0.2) is 23.2 Å². The Balaban J connectivity index is 1.80. The van der Waals surface area contributed by atoms with Crippen LogP contribution in [0.1, 0.15) is 5.76 Å². The summed E-state index contributed by atoms with van der Waals surface area (Å²) in [4.78, 5) is 0. The molecule has 0 aliphatic heterocycles. The van der Waals surface area contributed by atoms with Crippen LogP contribution in [-0.2, 0) is 16.6 Å². The van der Waals surface area contributed by atoms with Crippen molar-refractivity contribution in [3.63, 3.8) is 0 Å². The van der Waals surface area contributed by atoms with Gasteiger partial charge in [-0.3, -0.25) is 4.57 Å². The maximum absolute atomic E-state index is 12.9. The second-order valence-electron chi connectivity index (χ2n) is 5.75. The van der Waals surface area contributed by atoms with Crippen LogP contribution in [0.3, 0.4) is 0 Å². The van der Waals surface area contributed by atoms with E-state index in [0.29, 0.717) is 17.3 Å². The first-order chi connectivity index (χ1) is 13.1. The number of nitrogens with zero attached hydrogens (tertiary/aromatic N) is 3. The fraction of sp³-hybridized carbons (Fsp3) is 0.0526. The molecule has 0 aliphatic carbocycles. The zero-order chi connectivity index (χ0) is 18.7. The van der Waals surface area contributed by atoms with E-state index in [1.54, 1.807) is 24.3 Å². The van der Waals surface area contributed by atoms with Gasteiger partial charge in [0.1, 0.15) is 5.76 Å². The van der Waals surface area contributed by atoms with Crippen LogP contribution in [0.4, 0.5) is 0 Å². The quantitative estimate of drug-likeness (QED) is 0.555. The number of hydrogen-bond donors (Lipinski definition) is 1. The van der Waals surface area contributed by atoms with E-state index in [4.69, 9.17) is 4.42 Å². The maximum atomic E-state index is 12.9. The predicted molar refractivity (Wildman–Crippen MR) is 99.5 cm³/mol. The fourth-order valence-corrected chi connectivity index (χ4v) is 3.71. The van der Waals surface area contributed by atoms with Crippen LogP contribution < -0.4 is 4.72 Å². The van der Waals surface area contributed by atoms with E-state index in [9.17, 15) is 8.42 Å². The Hall–Kier alpha value is -3.23. The van der Waals surface area contributed by atoms with E-state index < -0.39 is 10.0 Å². The van der Waals surface area contributed by atoms with Gasteiger partial charge in [0, 0.05) is 11.3 Å². The molecule has 0 radical (unpaired) electrons. The molecular formula is C19H16N4O3S. The minimum Gasteiger partial charge on any atom is -0.468 e. The Morgan fingerprint density at radius 2 is 1.59 bits per heavy atom. The van der Waals surface area contributed by atoms with Gasteiger partial charge in [0.25, 0.3) is 15.2 Å². The lowest BCUT2D eigenvalue weighted by Gasteiger charge is -2.11. The molecule has 1 N–H and O–H groups in total. The van der Waals surface area contributed by atoms with Crippen molar-refractivity contribution in [2.75, 3.05) is 0 Å². The molecule has 27 heavy (non-hydrogen) atoms. The molecular weight excluding hydrogens is 364 g/mol. The van der Waals surface area contributed by atoms with Crippen LogP contribution in [0, 0.1) is 0 Å². The molecule has 0 fully saturated rings. The third kappa shape index (κ3) is 3.53. The third-order valence-electron chi connectivity index (χ3n) is 3.94. The Kier molecular flexibility index (Phi) is 4.57. The van der Waals surface area contributed by atoms with E-state index in [1.165, 1.54) is 10.8 Å². The summed E-state index contributed by atoms with van der Waals surface area (Å²) >= 11 is 0. The number of sulfonamides is 1. The van der Waals surface area contributed by atoms with Crippen LogP contribution in [0.25, 0.3) is 17.1 Å². The summed E-state index contributed by atoms with van der Waals surface area (Å²) in [5, 5.41) is 7.94. The summed E-state index contributed by atoms with van der Waals surface area (Å²) in [7, 11) is -3.92. The fourth-order valence-electron chi connectivity index (χ4n) is 2.67. The molecule has 0 bridgehead atoms. The SMILES string of the molecule is O=S(=O)(NCc1ccco1)c1nnc(-c2ccccc2)n1-c1ccccc1. The Morgan fingerprint density at radius 1 is 0.889 bits per heavy atom. The average Bonchev–Trinajstić information content (AvgIpc) is 3.38. The van der Waals surface area contributed by atoms with Gasteiger partial charge in [-0.1, -0.05) is 48.5 Å². The lowest BCUT2D eigenvalue weighted by atomic mass is 10.2. The van der Waals surface area contributed by atoms with Gasteiger partial charge in [-0.15, -0.1) is 10.2 Å². The summed E-state index contributed by atoms with van der Waals surface area (Å²) in [5.74, 6) is 0.952. The van der Waals surface area contributed by atoms with Crippen LogP contribution in [0.5, 0.6) is 0 Å². The van der Waals surface area contributed by atoms with Crippen molar-refractivity contribution >= 4 is 10.0 Å². The normalized spacial score (nSPS) is 11.6. The molecule has 0 spiro atoms. The highest BCUT2D eigenvalue weighted by molar-refractivity contribution is 7.89. The molecule has 0 amide bonds. The minimum atomic E-state index is -3.92. The summed E-state index contributed by atoms with van der Waals surface area (Å²) in [6.45, 7) is 0.0254. The lowest BCUT2D eigenvalue weighted by Crippen LogP contribution is -2.26. The lowest BCUT2D eigenvalue weighted by molar-refractivity contribution is 0.497. The molecule has 2 aromatic heterocycles. The highest BCUT2D eigenvalue weighted by Crippen LogP contribution is 2.24. The number of benzene rings is 2. The molecule has 0 aliphatic rings. The zero-order valence-electron chi connectivity index (χ0n) is 14.2. The van der Waals surface area contributed by atoms with Crippen LogP contribution >= 0.6 is 0 Å². The van der Waals surface area contributed by atoms with Gasteiger partial charge in [-0.2, -0.15) is 0 Å². The first-order valence-corrected chi connectivity index (χ1v) is 9.72.